The Morgan fingerprint density at radius 1 is 1.05 bits per heavy atom. The van der Waals surface area contributed by atoms with Crippen LogP contribution in [0.4, 0.5) is 0 Å². The fourth-order valence-corrected chi connectivity index (χ4v) is 4.38. The molecule has 3 aliphatic rings. The van der Waals surface area contributed by atoms with Crippen LogP contribution in [-0.4, -0.2) is 24.0 Å². The molecule has 114 valence electrons. The molecule has 3 fully saturated rings. The molecule has 1 heterocycles. The summed E-state index contributed by atoms with van der Waals surface area (Å²) in [5, 5.41) is 7.00. The van der Waals surface area contributed by atoms with E-state index in [0.29, 0.717) is 23.4 Å². The van der Waals surface area contributed by atoms with Crippen LogP contribution in [0.2, 0.25) is 0 Å². The first-order chi connectivity index (χ1) is 9.76. The minimum absolute atomic E-state index is 0.318. The maximum absolute atomic E-state index is 12.3. The predicted octanol–water partition coefficient (Wildman–Crippen LogP) is 3.14. The number of carbonyl (C=O) groups is 1. The van der Waals surface area contributed by atoms with Gasteiger partial charge in [-0.1, -0.05) is 25.7 Å². The quantitative estimate of drug-likeness (QED) is 0.779. The normalized spacial score (nSPS) is 30.5. The monoisotopic (exact) mass is 278 g/mol. The molecule has 0 aromatic heterocycles. The van der Waals surface area contributed by atoms with Gasteiger partial charge in [0, 0.05) is 18.0 Å². The predicted molar refractivity (Wildman–Crippen MR) is 81.6 cm³/mol. The van der Waals surface area contributed by atoms with Gasteiger partial charge in [-0.3, -0.25) is 4.79 Å². The lowest BCUT2D eigenvalue weighted by Gasteiger charge is -2.48. The van der Waals surface area contributed by atoms with Crippen LogP contribution in [0.5, 0.6) is 0 Å². The fourth-order valence-electron chi connectivity index (χ4n) is 4.38. The molecule has 0 radical (unpaired) electrons. The first-order valence-corrected chi connectivity index (χ1v) is 8.80. The van der Waals surface area contributed by atoms with Crippen molar-refractivity contribution >= 4 is 5.91 Å². The Balaban J connectivity index is 1.43. The summed E-state index contributed by atoms with van der Waals surface area (Å²) in [6.07, 6.45) is 14.9. The van der Waals surface area contributed by atoms with E-state index in [1.807, 2.05) is 0 Å². The Labute approximate surface area is 123 Å². The Hall–Kier alpha value is -0.570. The number of piperidine rings is 1. The molecule has 0 aromatic rings. The maximum atomic E-state index is 12.3. The van der Waals surface area contributed by atoms with Gasteiger partial charge in [-0.05, 0) is 57.4 Å². The molecule has 2 saturated carbocycles. The van der Waals surface area contributed by atoms with Gasteiger partial charge in [0.05, 0.1) is 0 Å². The van der Waals surface area contributed by atoms with E-state index in [4.69, 9.17) is 0 Å². The fraction of sp³-hybridized carbons (Fsp3) is 0.941. The molecule has 1 atom stereocenters. The van der Waals surface area contributed by atoms with Crippen LogP contribution in [0.15, 0.2) is 0 Å². The van der Waals surface area contributed by atoms with Crippen LogP contribution >= 0.6 is 0 Å². The molecular formula is C17H30N2O. The summed E-state index contributed by atoms with van der Waals surface area (Å²) in [6, 6.07) is 0.426. The molecule has 3 nitrogen and oxygen atoms in total. The summed E-state index contributed by atoms with van der Waals surface area (Å²) in [4.78, 5) is 12.3. The van der Waals surface area contributed by atoms with Gasteiger partial charge in [0.15, 0.2) is 0 Å². The molecule has 1 amide bonds. The highest BCUT2D eigenvalue weighted by Gasteiger charge is 2.41. The SMILES string of the molecule is O=C(CC1CCCCCC1)NC1CCNC2(CCC2)C1. The average molecular weight is 278 g/mol. The summed E-state index contributed by atoms with van der Waals surface area (Å²) in [7, 11) is 0. The number of hydrogen-bond acceptors (Lipinski definition) is 2. The number of hydrogen-bond donors (Lipinski definition) is 2. The number of amides is 1. The van der Waals surface area contributed by atoms with Crippen LogP contribution in [0.1, 0.15) is 77.0 Å². The van der Waals surface area contributed by atoms with Crippen molar-refractivity contribution < 1.29 is 4.79 Å². The topological polar surface area (TPSA) is 41.1 Å². The molecule has 3 rings (SSSR count). The van der Waals surface area contributed by atoms with Crippen molar-refractivity contribution in [2.24, 2.45) is 5.92 Å². The average Bonchev–Trinajstić information content (AvgIpc) is 2.66. The second-order valence-corrected chi connectivity index (χ2v) is 7.38. The third kappa shape index (κ3) is 3.55. The molecular weight excluding hydrogens is 248 g/mol. The second-order valence-electron chi connectivity index (χ2n) is 7.38. The van der Waals surface area contributed by atoms with Crippen molar-refractivity contribution in [2.75, 3.05) is 6.54 Å². The van der Waals surface area contributed by atoms with Gasteiger partial charge in [0.1, 0.15) is 0 Å². The van der Waals surface area contributed by atoms with Gasteiger partial charge in [-0.2, -0.15) is 0 Å². The van der Waals surface area contributed by atoms with Crippen molar-refractivity contribution in [1.29, 1.82) is 0 Å². The minimum atomic E-state index is 0.318. The summed E-state index contributed by atoms with van der Waals surface area (Å²) in [5.74, 6) is 0.968. The van der Waals surface area contributed by atoms with E-state index < -0.39 is 0 Å². The second kappa shape index (κ2) is 6.46. The van der Waals surface area contributed by atoms with Crippen molar-refractivity contribution in [3.05, 3.63) is 0 Å². The van der Waals surface area contributed by atoms with Crippen molar-refractivity contribution in [2.45, 2.75) is 88.6 Å². The molecule has 1 unspecified atom stereocenters. The third-order valence-electron chi connectivity index (χ3n) is 5.75. The molecule has 0 bridgehead atoms. The lowest BCUT2D eigenvalue weighted by molar-refractivity contribution is -0.123. The number of rotatable bonds is 3. The van der Waals surface area contributed by atoms with Crippen LogP contribution in [-0.2, 0) is 4.79 Å². The highest BCUT2D eigenvalue weighted by atomic mass is 16.1. The van der Waals surface area contributed by atoms with Crippen molar-refractivity contribution in [1.82, 2.24) is 10.6 Å². The van der Waals surface area contributed by atoms with Gasteiger partial charge < -0.3 is 10.6 Å². The van der Waals surface area contributed by atoms with E-state index in [9.17, 15) is 4.79 Å². The molecule has 3 heteroatoms. The van der Waals surface area contributed by atoms with E-state index in [-0.39, 0.29) is 0 Å². The molecule has 2 N–H and O–H groups in total. The maximum Gasteiger partial charge on any atom is 0.220 e. The zero-order chi connectivity index (χ0) is 13.8. The third-order valence-corrected chi connectivity index (χ3v) is 5.75. The first kappa shape index (κ1) is 14.4. The highest BCUT2D eigenvalue weighted by molar-refractivity contribution is 5.76. The molecule has 2 aliphatic carbocycles. The lowest BCUT2D eigenvalue weighted by Crippen LogP contribution is -2.59. The molecule has 1 saturated heterocycles. The minimum Gasteiger partial charge on any atom is -0.353 e. The van der Waals surface area contributed by atoms with Gasteiger partial charge >= 0.3 is 0 Å². The zero-order valence-corrected chi connectivity index (χ0v) is 12.8. The summed E-state index contributed by atoms with van der Waals surface area (Å²) in [6.45, 7) is 1.08. The Kier molecular flexibility index (Phi) is 4.65. The molecule has 1 aliphatic heterocycles. The largest absolute Gasteiger partial charge is 0.353 e. The first-order valence-electron chi connectivity index (χ1n) is 8.80. The van der Waals surface area contributed by atoms with Crippen LogP contribution in [0, 0.1) is 5.92 Å². The summed E-state index contributed by atoms with van der Waals surface area (Å²) in [5.41, 5.74) is 0.387. The van der Waals surface area contributed by atoms with E-state index in [1.165, 1.54) is 57.8 Å². The van der Waals surface area contributed by atoms with Gasteiger partial charge in [-0.25, -0.2) is 0 Å². The van der Waals surface area contributed by atoms with Crippen molar-refractivity contribution in [3.8, 4) is 0 Å². The summed E-state index contributed by atoms with van der Waals surface area (Å²) < 4.78 is 0. The molecule has 1 spiro atoms. The number of nitrogens with one attached hydrogen (secondary N) is 2. The zero-order valence-electron chi connectivity index (χ0n) is 12.8. The molecule has 20 heavy (non-hydrogen) atoms. The van der Waals surface area contributed by atoms with E-state index >= 15 is 0 Å². The van der Waals surface area contributed by atoms with Gasteiger partial charge in [0.25, 0.3) is 0 Å². The Morgan fingerprint density at radius 2 is 1.80 bits per heavy atom. The van der Waals surface area contributed by atoms with Crippen LogP contribution in [0.25, 0.3) is 0 Å². The number of carbonyl (C=O) groups excluding carboxylic acids is 1. The van der Waals surface area contributed by atoms with Gasteiger partial charge in [0.2, 0.25) is 5.91 Å². The molecule has 0 aromatic carbocycles. The standard InChI is InChI=1S/C17H30N2O/c20-16(12-14-6-3-1-2-4-7-14)19-15-8-11-18-17(13-15)9-5-10-17/h14-15,18H,1-13H2,(H,19,20). The Morgan fingerprint density at radius 3 is 2.45 bits per heavy atom. The smallest absolute Gasteiger partial charge is 0.220 e. The van der Waals surface area contributed by atoms with E-state index in [2.05, 4.69) is 10.6 Å². The van der Waals surface area contributed by atoms with Crippen molar-refractivity contribution in [3.63, 3.8) is 0 Å². The summed E-state index contributed by atoms with van der Waals surface area (Å²) >= 11 is 0. The van der Waals surface area contributed by atoms with Crippen LogP contribution in [0.3, 0.4) is 0 Å². The van der Waals surface area contributed by atoms with E-state index in [1.54, 1.807) is 0 Å². The van der Waals surface area contributed by atoms with Crippen LogP contribution < -0.4 is 10.6 Å². The lowest BCUT2D eigenvalue weighted by atomic mass is 9.70. The van der Waals surface area contributed by atoms with Gasteiger partial charge in [-0.15, -0.1) is 0 Å². The van der Waals surface area contributed by atoms with E-state index in [0.717, 1.165) is 25.8 Å². The Bertz CT molecular complexity index is 330. The highest BCUT2D eigenvalue weighted by Crippen LogP contribution is 2.38.